The molecule has 0 heterocycles. The van der Waals surface area contributed by atoms with Crippen LogP contribution >= 0.6 is 0 Å². The summed E-state index contributed by atoms with van der Waals surface area (Å²) in [7, 11) is 1.11. The van der Waals surface area contributed by atoms with Crippen molar-refractivity contribution < 1.29 is 14.5 Å². The number of methoxy groups -OCH3 is 1. The molecule has 0 unspecified atom stereocenters. The van der Waals surface area contributed by atoms with Gasteiger partial charge in [-0.05, 0) is 12.5 Å². The number of esters is 1. The van der Waals surface area contributed by atoms with E-state index in [1.54, 1.807) is 13.0 Å². The lowest BCUT2D eigenvalue weighted by Gasteiger charge is -2.05. The maximum Gasteiger partial charge on any atom is 0.346 e. The zero-order chi connectivity index (χ0) is 12.3. The van der Waals surface area contributed by atoms with Crippen LogP contribution in [0.25, 0.3) is 0 Å². The lowest BCUT2D eigenvalue weighted by atomic mass is 10.0. The molecule has 16 heavy (non-hydrogen) atoms. The number of carbonyl (C=O) groups excluding carboxylic acids is 1. The van der Waals surface area contributed by atoms with Crippen molar-refractivity contribution in [3.05, 3.63) is 38.9 Å². The number of carbonyl (C=O) groups is 1. The fourth-order valence-electron chi connectivity index (χ4n) is 1.30. The molecule has 0 aliphatic carbocycles. The van der Waals surface area contributed by atoms with E-state index in [9.17, 15) is 14.9 Å². The zero-order valence-corrected chi connectivity index (χ0v) is 8.68. The molecule has 0 aliphatic rings. The first-order valence-corrected chi connectivity index (χ1v) is 4.29. The first-order chi connectivity index (χ1) is 7.52. The second-order valence-corrected chi connectivity index (χ2v) is 3.01. The number of hydrogen-bond donors (Lipinski definition) is 0. The Morgan fingerprint density at radius 3 is 2.62 bits per heavy atom. The molecule has 0 N–H and O–H groups in total. The summed E-state index contributed by atoms with van der Waals surface area (Å²) in [6.45, 7) is 1.59. The second kappa shape index (κ2) is 4.40. The number of nitrogens with zero attached hydrogens (tertiary/aromatic N) is 2. The molecule has 0 spiro atoms. The van der Waals surface area contributed by atoms with Crippen LogP contribution in [0.2, 0.25) is 0 Å². The van der Waals surface area contributed by atoms with Crippen molar-refractivity contribution in [1.82, 2.24) is 0 Å². The van der Waals surface area contributed by atoms with Gasteiger partial charge in [-0.2, -0.15) is 5.26 Å². The SMILES string of the molecule is COC(=O)c1c([N+](=O)[O-])ccc(C)c1C#N. The standard InChI is InChI=1S/C10H8N2O4/c1-6-3-4-8(12(14)15)9(7(6)5-11)10(13)16-2/h3-4H,1-2H3. The minimum absolute atomic E-state index is 0.0268. The number of ether oxygens (including phenoxy) is 1. The first kappa shape index (κ1) is 11.7. The van der Waals surface area contributed by atoms with Gasteiger partial charge in [0.15, 0.2) is 5.56 Å². The van der Waals surface area contributed by atoms with Gasteiger partial charge in [-0.1, -0.05) is 6.07 Å². The van der Waals surface area contributed by atoms with Crippen LogP contribution < -0.4 is 0 Å². The maximum atomic E-state index is 11.4. The highest BCUT2D eigenvalue weighted by atomic mass is 16.6. The Hall–Kier alpha value is -2.42. The molecular weight excluding hydrogens is 212 g/mol. The predicted octanol–water partition coefficient (Wildman–Crippen LogP) is 1.56. The van der Waals surface area contributed by atoms with Crippen molar-refractivity contribution in [1.29, 1.82) is 5.26 Å². The van der Waals surface area contributed by atoms with Crippen LogP contribution in [0, 0.1) is 28.4 Å². The molecule has 0 atom stereocenters. The molecule has 0 aromatic heterocycles. The number of nitro benzene ring substituents is 1. The highest BCUT2D eigenvalue weighted by Crippen LogP contribution is 2.25. The molecule has 1 rings (SSSR count). The number of rotatable bonds is 2. The predicted molar refractivity (Wildman–Crippen MR) is 53.9 cm³/mol. The zero-order valence-electron chi connectivity index (χ0n) is 8.68. The van der Waals surface area contributed by atoms with Crippen LogP contribution in [0.1, 0.15) is 21.5 Å². The van der Waals surface area contributed by atoms with Crippen molar-refractivity contribution in [2.24, 2.45) is 0 Å². The summed E-state index contributed by atoms with van der Waals surface area (Å²) >= 11 is 0. The van der Waals surface area contributed by atoms with Gasteiger partial charge in [0.25, 0.3) is 5.69 Å². The van der Waals surface area contributed by atoms with Gasteiger partial charge in [-0.3, -0.25) is 10.1 Å². The molecule has 0 amide bonds. The molecule has 0 radical (unpaired) electrons. The molecule has 0 saturated carbocycles. The van der Waals surface area contributed by atoms with Crippen LogP contribution in [-0.2, 0) is 4.74 Å². The van der Waals surface area contributed by atoms with Crippen molar-refractivity contribution in [2.75, 3.05) is 7.11 Å². The molecule has 0 saturated heterocycles. The van der Waals surface area contributed by atoms with E-state index in [1.165, 1.54) is 12.1 Å². The third-order valence-electron chi connectivity index (χ3n) is 2.09. The Kier molecular flexibility index (Phi) is 3.20. The van der Waals surface area contributed by atoms with E-state index in [2.05, 4.69) is 4.74 Å². The molecule has 1 aromatic carbocycles. The third kappa shape index (κ3) is 1.83. The lowest BCUT2D eigenvalue weighted by Crippen LogP contribution is -2.09. The molecule has 6 nitrogen and oxygen atoms in total. The summed E-state index contributed by atoms with van der Waals surface area (Å²) in [4.78, 5) is 21.4. The van der Waals surface area contributed by atoms with Crippen LogP contribution in [0.4, 0.5) is 5.69 Å². The maximum absolute atomic E-state index is 11.4. The lowest BCUT2D eigenvalue weighted by molar-refractivity contribution is -0.385. The fraction of sp³-hybridized carbons (Fsp3) is 0.200. The molecule has 0 fully saturated rings. The Bertz CT molecular complexity index is 502. The number of nitro groups is 1. The summed E-state index contributed by atoms with van der Waals surface area (Å²) in [6.07, 6.45) is 0. The van der Waals surface area contributed by atoms with Crippen molar-refractivity contribution in [2.45, 2.75) is 6.92 Å². The van der Waals surface area contributed by atoms with Gasteiger partial charge in [0, 0.05) is 6.07 Å². The molecule has 6 heteroatoms. The van der Waals surface area contributed by atoms with Crippen LogP contribution in [0.3, 0.4) is 0 Å². The second-order valence-electron chi connectivity index (χ2n) is 3.01. The molecule has 0 aliphatic heterocycles. The Labute approximate surface area is 91.2 Å². The quantitative estimate of drug-likeness (QED) is 0.428. The highest BCUT2D eigenvalue weighted by Gasteiger charge is 2.26. The van der Waals surface area contributed by atoms with E-state index in [0.717, 1.165) is 7.11 Å². The monoisotopic (exact) mass is 220 g/mol. The van der Waals surface area contributed by atoms with Gasteiger partial charge in [-0.25, -0.2) is 4.79 Å². The smallest absolute Gasteiger partial charge is 0.346 e. The van der Waals surface area contributed by atoms with E-state index in [-0.39, 0.29) is 11.1 Å². The highest BCUT2D eigenvalue weighted by molar-refractivity contribution is 5.97. The van der Waals surface area contributed by atoms with Gasteiger partial charge in [-0.15, -0.1) is 0 Å². The third-order valence-corrected chi connectivity index (χ3v) is 2.09. The fourth-order valence-corrected chi connectivity index (χ4v) is 1.30. The van der Waals surface area contributed by atoms with Gasteiger partial charge in [0.1, 0.15) is 6.07 Å². The summed E-state index contributed by atoms with van der Waals surface area (Å²) in [5.74, 6) is -0.882. The summed E-state index contributed by atoms with van der Waals surface area (Å²) in [5, 5.41) is 19.6. The summed E-state index contributed by atoms with van der Waals surface area (Å²) in [5.41, 5.74) is -0.251. The van der Waals surface area contributed by atoms with Gasteiger partial charge >= 0.3 is 5.97 Å². The Balaban J connectivity index is 3.62. The van der Waals surface area contributed by atoms with E-state index in [1.807, 2.05) is 0 Å². The van der Waals surface area contributed by atoms with Crippen molar-refractivity contribution in [3.8, 4) is 6.07 Å². The van der Waals surface area contributed by atoms with Gasteiger partial charge in [0.2, 0.25) is 0 Å². The largest absolute Gasteiger partial charge is 0.465 e. The number of benzene rings is 1. The minimum atomic E-state index is -0.882. The average Bonchev–Trinajstić information content (AvgIpc) is 2.27. The summed E-state index contributed by atoms with van der Waals surface area (Å²) < 4.78 is 4.43. The van der Waals surface area contributed by atoms with Crippen LogP contribution in [0.15, 0.2) is 12.1 Å². The van der Waals surface area contributed by atoms with Crippen molar-refractivity contribution >= 4 is 11.7 Å². The molecule has 0 bridgehead atoms. The van der Waals surface area contributed by atoms with E-state index < -0.39 is 16.6 Å². The number of aryl methyl sites for hydroxylation is 1. The van der Waals surface area contributed by atoms with E-state index in [4.69, 9.17) is 5.26 Å². The van der Waals surface area contributed by atoms with Gasteiger partial charge in [0.05, 0.1) is 17.6 Å². The molecular formula is C10H8N2O4. The topological polar surface area (TPSA) is 93.2 Å². The number of hydrogen-bond acceptors (Lipinski definition) is 5. The normalized spacial score (nSPS) is 9.31. The van der Waals surface area contributed by atoms with E-state index >= 15 is 0 Å². The van der Waals surface area contributed by atoms with E-state index in [0.29, 0.717) is 5.56 Å². The minimum Gasteiger partial charge on any atom is -0.465 e. The first-order valence-electron chi connectivity index (χ1n) is 4.29. The molecule has 82 valence electrons. The van der Waals surface area contributed by atoms with Crippen LogP contribution in [-0.4, -0.2) is 18.0 Å². The average molecular weight is 220 g/mol. The van der Waals surface area contributed by atoms with Gasteiger partial charge < -0.3 is 4.74 Å². The van der Waals surface area contributed by atoms with Crippen LogP contribution in [0.5, 0.6) is 0 Å². The Morgan fingerprint density at radius 1 is 1.56 bits per heavy atom. The number of nitriles is 1. The van der Waals surface area contributed by atoms with Crippen molar-refractivity contribution in [3.63, 3.8) is 0 Å². The molecule has 1 aromatic rings. The Morgan fingerprint density at radius 2 is 2.19 bits per heavy atom. The summed E-state index contributed by atoms with van der Waals surface area (Å²) in [6, 6.07) is 4.37.